The van der Waals surface area contributed by atoms with Crippen molar-refractivity contribution in [1.82, 2.24) is 35.1 Å². The van der Waals surface area contributed by atoms with Gasteiger partial charge in [-0.15, -0.1) is 5.10 Å². The fourth-order valence-corrected chi connectivity index (χ4v) is 2.97. The van der Waals surface area contributed by atoms with Crippen molar-refractivity contribution in [3.05, 3.63) is 66.2 Å². The molecule has 0 fully saturated rings. The Hall–Kier alpha value is -3.55. The second-order valence-corrected chi connectivity index (χ2v) is 6.24. The number of nitrogens with zero attached hydrogens (tertiary/aromatic N) is 6. The van der Waals surface area contributed by atoms with Gasteiger partial charge in [-0.05, 0) is 49.7 Å². The van der Waals surface area contributed by atoms with Gasteiger partial charge in [-0.25, -0.2) is 14.3 Å². The molecule has 1 atom stereocenters. The molecule has 136 valence electrons. The van der Waals surface area contributed by atoms with Gasteiger partial charge in [-0.1, -0.05) is 17.3 Å². The number of benzene rings is 2. The van der Waals surface area contributed by atoms with E-state index in [1.54, 1.807) is 27.8 Å². The minimum absolute atomic E-state index is 0.135. The number of rotatable bonds is 5. The van der Waals surface area contributed by atoms with Crippen molar-refractivity contribution >= 4 is 16.9 Å². The topological polar surface area (TPSA) is 90.5 Å². The molecule has 1 amide bonds. The second-order valence-electron chi connectivity index (χ2n) is 6.24. The lowest BCUT2D eigenvalue weighted by Crippen LogP contribution is -2.26. The maximum absolute atomic E-state index is 12.6. The molecule has 4 aromatic rings. The van der Waals surface area contributed by atoms with Gasteiger partial charge in [-0.3, -0.25) is 4.79 Å². The van der Waals surface area contributed by atoms with Crippen LogP contribution >= 0.6 is 0 Å². The summed E-state index contributed by atoms with van der Waals surface area (Å²) in [6.45, 7) is 4.70. The summed E-state index contributed by atoms with van der Waals surface area (Å²) >= 11 is 0. The van der Waals surface area contributed by atoms with Crippen molar-refractivity contribution in [3.8, 4) is 5.69 Å². The van der Waals surface area contributed by atoms with Crippen LogP contribution in [0.25, 0.3) is 16.7 Å². The molecule has 8 heteroatoms. The summed E-state index contributed by atoms with van der Waals surface area (Å²) in [6.07, 6.45) is 3.14. The van der Waals surface area contributed by atoms with Crippen LogP contribution in [-0.4, -0.2) is 35.7 Å². The lowest BCUT2D eigenvalue weighted by Gasteiger charge is -2.15. The van der Waals surface area contributed by atoms with Crippen LogP contribution in [0.4, 0.5) is 0 Å². The average molecular weight is 361 g/mol. The smallest absolute Gasteiger partial charge is 0.251 e. The quantitative estimate of drug-likeness (QED) is 0.590. The zero-order valence-corrected chi connectivity index (χ0v) is 15.1. The Balaban J connectivity index is 1.48. The van der Waals surface area contributed by atoms with Gasteiger partial charge in [-0.2, -0.15) is 5.10 Å². The predicted octanol–water partition coefficient (Wildman–Crippen LogP) is 2.52. The van der Waals surface area contributed by atoms with Crippen LogP contribution in [0.5, 0.6) is 0 Å². The number of amides is 1. The first-order chi connectivity index (χ1) is 13.2. The molecule has 0 aliphatic heterocycles. The van der Waals surface area contributed by atoms with Crippen molar-refractivity contribution in [2.75, 3.05) is 0 Å². The molecule has 2 aromatic heterocycles. The number of nitrogens with one attached hydrogen (secondary N) is 1. The van der Waals surface area contributed by atoms with Crippen LogP contribution in [0.1, 0.15) is 35.8 Å². The van der Waals surface area contributed by atoms with Crippen molar-refractivity contribution in [1.29, 1.82) is 0 Å². The zero-order valence-electron chi connectivity index (χ0n) is 15.1. The van der Waals surface area contributed by atoms with Crippen LogP contribution < -0.4 is 5.32 Å². The van der Waals surface area contributed by atoms with E-state index < -0.39 is 0 Å². The van der Waals surface area contributed by atoms with Gasteiger partial charge in [0.05, 0.1) is 17.2 Å². The monoisotopic (exact) mass is 361 g/mol. The highest BCUT2D eigenvalue weighted by molar-refractivity contribution is 5.97. The van der Waals surface area contributed by atoms with Crippen LogP contribution in [0.3, 0.4) is 0 Å². The molecule has 0 bridgehead atoms. The third-order valence-electron chi connectivity index (χ3n) is 4.50. The molecular formula is C19H19N7O. The first-order valence-electron chi connectivity index (χ1n) is 8.75. The third kappa shape index (κ3) is 3.29. The van der Waals surface area contributed by atoms with Gasteiger partial charge in [0.1, 0.15) is 18.2 Å². The Morgan fingerprint density at radius 1 is 1.19 bits per heavy atom. The maximum Gasteiger partial charge on any atom is 0.251 e. The minimum Gasteiger partial charge on any atom is -0.346 e. The fraction of sp³-hybridized carbons (Fsp3) is 0.211. The molecular weight excluding hydrogens is 342 g/mol. The van der Waals surface area contributed by atoms with E-state index in [4.69, 9.17) is 0 Å². The average Bonchev–Trinajstić information content (AvgIpc) is 3.37. The minimum atomic E-state index is -0.143. The summed E-state index contributed by atoms with van der Waals surface area (Å²) in [5.74, 6) is -0.143. The molecule has 0 radical (unpaired) electrons. The third-order valence-corrected chi connectivity index (χ3v) is 4.50. The van der Waals surface area contributed by atoms with Crippen LogP contribution in [0.15, 0.2) is 55.1 Å². The molecule has 1 N–H and O–H groups in total. The van der Waals surface area contributed by atoms with E-state index in [1.807, 2.05) is 44.2 Å². The Bertz CT molecular complexity index is 1070. The molecule has 0 saturated heterocycles. The number of hydrogen-bond acceptors (Lipinski definition) is 5. The SMILES string of the molecule is CCn1nnc2cc(C(=O)NC(C)c3ccc(-n4cncn4)cc3)ccc21. The van der Waals surface area contributed by atoms with E-state index in [2.05, 4.69) is 25.7 Å². The highest BCUT2D eigenvalue weighted by atomic mass is 16.1. The molecule has 2 aromatic carbocycles. The largest absolute Gasteiger partial charge is 0.346 e. The van der Waals surface area contributed by atoms with Crippen LogP contribution in [0.2, 0.25) is 0 Å². The van der Waals surface area contributed by atoms with Gasteiger partial charge >= 0.3 is 0 Å². The van der Waals surface area contributed by atoms with E-state index in [0.717, 1.165) is 23.3 Å². The number of carbonyl (C=O) groups excluding carboxylic acids is 1. The molecule has 4 rings (SSSR count). The molecule has 8 nitrogen and oxygen atoms in total. The van der Waals surface area contributed by atoms with Gasteiger partial charge in [0.15, 0.2) is 0 Å². The molecule has 0 saturated carbocycles. The summed E-state index contributed by atoms with van der Waals surface area (Å²) in [6, 6.07) is 13.1. The van der Waals surface area contributed by atoms with Crippen molar-refractivity contribution in [2.45, 2.75) is 26.4 Å². The molecule has 0 spiro atoms. The maximum atomic E-state index is 12.6. The molecule has 27 heavy (non-hydrogen) atoms. The summed E-state index contributed by atoms with van der Waals surface area (Å²) in [5.41, 5.74) is 4.13. The Kier molecular flexibility index (Phi) is 4.37. The molecule has 1 unspecified atom stereocenters. The lowest BCUT2D eigenvalue weighted by molar-refractivity contribution is 0.0940. The van der Waals surface area contributed by atoms with E-state index >= 15 is 0 Å². The fourth-order valence-electron chi connectivity index (χ4n) is 2.97. The van der Waals surface area contributed by atoms with E-state index in [0.29, 0.717) is 11.1 Å². The Labute approximate surface area is 155 Å². The number of aryl methyl sites for hydroxylation is 1. The first-order valence-corrected chi connectivity index (χ1v) is 8.75. The van der Waals surface area contributed by atoms with Gasteiger partial charge in [0, 0.05) is 12.1 Å². The normalized spacial score (nSPS) is 12.2. The highest BCUT2D eigenvalue weighted by Gasteiger charge is 2.13. The van der Waals surface area contributed by atoms with E-state index in [-0.39, 0.29) is 11.9 Å². The summed E-state index contributed by atoms with van der Waals surface area (Å²) < 4.78 is 3.49. The standard InChI is InChI=1S/C19H19N7O/c1-3-25-18-9-6-15(10-17(18)23-24-25)19(27)22-13(2)14-4-7-16(8-5-14)26-12-20-11-21-26/h4-13H,3H2,1-2H3,(H,22,27). The summed E-state index contributed by atoms with van der Waals surface area (Å²) in [5, 5.41) is 15.3. The van der Waals surface area contributed by atoms with E-state index in [9.17, 15) is 4.79 Å². The number of hydrogen-bond donors (Lipinski definition) is 1. The van der Waals surface area contributed by atoms with Crippen LogP contribution in [0, 0.1) is 0 Å². The summed E-state index contributed by atoms with van der Waals surface area (Å²) in [4.78, 5) is 16.6. The van der Waals surface area contributed by atoms with E-state index in [1.165, 1.54) is 6.33 Å². The lowest BCUT2D eigenvalue weighted by atomic mass is 10.1. The molecule has 2 heterocycles. The van der Waals surface area contributed by atoms with Crippen molar-refractivity contribution < 1.29 is 4.79 Å². The predicted molar refractivity (Wildman–Crippen MR) is 100 cm³/mol. The Morgan fingerprint density at radius 2 is 2.00 bits per heavy atom. The first kappa shape index (κ1) is 16.9. The number of carbonyl (C=O) groups is 1. The zero-order chi connectivity index (χ0) is 18.8. The Morgan fingerprint density at radius 3 is 2.70 bits per heavy atom. The van der Waals surface area contributed by atoms with Gasteiger partial charge in [0.25, 0.3) is 5.91 Å². The number of fused-ring (bicyclic) bond motifs is 1. The van der Waals surface area contributed by atoms with Crippen molar-refractivity contribution in [2.24, 2.45) is 0 Å². The highest BCUT2D eigenvalue weighted by Crippen LogP contribution is 2.17. The van der Waals surface area contributed by atoms with Gasteiger partial charge < -0.3 is 5.32 Å². The summed E-state index contributed by atoms with van der Waals surface area (Å²) in [7, 11) is 0. The molecule has 0 aliphatic rings. The van der Waals surface area contributed by atoms with Gasteiger partial charge in [0.2, 0.25) is 0 Å². The molecule has 0 aliphatic carbocycles. The number of aromatic nitrogens is 6. The second kappa shape index (κ2) is 6.99. The van der Waals surface area contributed by atoms with Crippen LogP contribution in [-0.2, 0) is 6.54 Å². The van der Waals surface area contributed by atoms with Crippen molar-refractivity contribution in [3.63, 3.8) is 0 Å².